The number of Topliss-reactive ketones (excluding diaryl/α,β-unsaturated/α-hetero) is 1. The highest BCUT2D eigenvalue weighted by molar-refractivity contribution is 7.98. The van der Waals surface area contributed by atoms with Crippen molar-refractivity contribution in [2.24, 2.45) is 0 Å². The van der Waals surface area contributed by atoms with E-state index in [1.54, 1.807) is 11.8 Å². The van der Waals surface area contributed by atoms with Crippen molar-refractivity contribution in [3.8, 4) is 0 Å². The number of thioether (sulfide) groups is 1. The summed E-state index contributed by atoms with van der Waals surface area (Å²) in [5.74, 6) is -0.482. The number of ketones is 1. The molecule has 96 valence electrons. The lowest BCUT2D eigenvalue weighted by atomic mass is 10.3. The summed E-state index contributed by atoms with van der Waals surface area (Å²) >= 11 is 1.55. The number of hydrogen-bond acceptors (Lipinski definition) is 5. The topological polar surface area (TPSA) is 56.0 Å². The quantitative estimate of drug-likeness (QED) is 0.741. The van der Waals surface area contributed by atoms with Gasteiger partial charge in [0.2, 0.25) is 11.7 Å². The van der Waals surface area contributed by atoms with Gasteiger partial charge in [-0.2, -0.15) is 29.9 Å². The van der Waals surface area contributed by atoms with E-state index in [4.69, 9.17) is 0 Å². The molecule has 17 heavy (non-hydrogen) atoms. The third kappa shape index (κ3) is 4.76. The Bertz CT molecular complexity index is 379. The Balaban J connectivity index is 2.48. The summed E-state index contributed by atoms with van der Waals surface area (Å²) in [7, 11) is 0. The van der Waals surface area contributed by atoms with Crippen LogP contribution in [0.5, 0.6) is 0 Å². The smallest absolute Gasteiger partial charge is 0.339 e. The minimum atomic E-state index is -4.86. The van der Waals surface area contributed by atoms with Gasteiger partial charge >= 0.3 is 6.18 Å². The Morgan fingerprint density at radius 2 is 2.18 bits per heavy atom. The van der Waals surface area contributed by atoms with Gasteiger partial charge in [0, 0.05) is 0 Å². The Kier molecular flexibility index (Phi) is 4.98. The Morgan fingerprint density at radius 3 is 2.76 bits per heavy atom. The van der Waals surface area contributed by atoms with Crippen LogP contribution in [0.3, 0.4) is 0 Å². The molecule has 0 amide bonds. The Labute approximate surface area is 100.0 Å². The number of halogens is 3. The van der Waals surface area contributed by atoms with Crippen LogP contribution < -0.4 is 0 Å². The fourth-order valence-electron chi connectivity index (χ4n) is 0.966. The fraction of sp³-hybridized carbons (Fsp3) is 0.667. The normalized spacial score (nSPS) is 11.8. The highest BCUT2D eigenvalue weighted by Crippen LogP contribution is 2.18. The van der Waals surface area contributed by atoms with E-state index < -0.39 is 18.4 Å². The molecule has 0 saturated carbocycles. The van der Waals surface area contributed by atoms with Crippen LogP contribution in [-0.4, -0.2) is 27.9 Å². The van der Waals surface area contributed by atoms with E-state index in [0.717, 1.165) is 12.2 Å². The van der Waals surface area contributed by atoms with Crippen molar-refractivity contribution in [1.82, 2.24) is 10.1 Å². The van der Waals surface area contributed by atoms with Gasteiger partial charge in [-0.1, -0.05) is 12.1 Å². The van der Waals surface area contributed by atoms with E-state index in [-0.39, 0.29) is 5.89 Å². The second-order valence-electron chi connectivity index (χ2n) is 3.25. The zero-order valence-corrected chi connectivity index (χ0v) is 9.90. The molecule has 0 aliphatic heterocycles. The summed E-state index contributed by atoms with van der Waals surface area (Å²) in [6.07, 6.45) is -4.76. The van der Waals surface area contributed by atoms with Crippen LogP contribution in [0, 0.1) is 0 Å². The summed E-state index contributed by atoms with van der Waals surface area (Å²) in [5, 5.41) is 3.50. The molecular formula is C9H11F3N2O2S. The van der Waals surface area contributed by atoms with Crippen molar-refractivity contribution in [1.29, 1.82) is 0 Å². The summed E-state index contributed by atoms with van der Waals surface area (Å²) in [4.78, 5) is 14.4. The first-order chi connectivity index (χ1) is 7.93. The van der Waals surface area contributed by atoms with Crippen molar-refractivity contribution in [3.63, 3.8) is 0 Å². The van der Waals surface area contributed by atoms with E-state index in [2.05, 4.69) is 14.7 Å². The van der Waals surface area contributed by atoms with Crippen molar-refractivity contribution >= 4 is 17.5 Å². The average Bonchev–Trinajstić information content (AvgIpc) is 2.65. The minimum absolute atomic E-state index is 0.292. The van der Waals surface area contributed by atoms with Crippen molar-refractivity contribution in [3.05, 3.63) is 11.7 Å². The lowest BCUT2D eigenvalue weighted by Gasteiger charge is -2.00. The van der Waals surface area contributed by atoms with E-state index >= 15 is 0 Å². The fourth-order valence-corrected chi connectivity index (χ4v) is 1.70. The maximum atomic E-state index is 11.9. The molecule has 0 bridgehead atoms. The highest BCUT2D eigenvalue weighted by Gasteiger charge is 2.39. The van der Waals surface area contributed by atoms with Crippen LogP contribution in [0.4, 0.5) is 13.2 Å². The number of aromatic nitrogens is 2. The predicted molar refractivity (Wildman–Crippen MR) is 55.5 cm³/mol. The molecule has 8 heteroatoms. The monoisotopic (exact) mass is 268 g/mol. The molecule has 4 nitrogen and oxygen atoms in total. The second-order valence-corrected chi connectivity index (χ2v) is 4.36. The van der Waals surface area contributed by atoms with E-state index in [9.17, 15) is 18.0 Å². The van der Waals surface area contributed by atoms with Gasteiger partial charge in [0.25, 0.3) is 0 Å². The molecule has 0 N–H and O–H groups in total. The number of carbonyl (C=O) groups is 1. The van der Waals surface area contributed by atoms with Gasteiger partial charge in [-0.05, 0) is 12.2 Å². The molecule has 0 aliphatic carbocycles. The molecule has 0 radical (unpaired) electrons. The first kappa shape index (κ1) is 14.0. The molecule has 0 aromatic carbocycles. The summed E-state index contributed by atoms with van der Waals surface area (Å²) in [6.45, 7) is 2.01. The zero-order chi connectivity index (χ0) is 12.9. The van der Waals surface area contributed by atoms with Gasteiger partial charge in [0.15, 0.2) is 5.82 Å². The predicted octanol–water partition coefficient (Wildman–Crippen LogP) is 2.39. The second kappa shape index (κ2) is 6.04. The molecule has 1 aromatic heterocycles. The first-order valence-corrected chi connectivity index (χ1v) is 6.08. The largest absolute Gasteiger partial charge is 0.450 e. The number of nitrogens with zero attached hydrogens (tertiary/aromatic N) is 2. The van der Waals surface area contributed by atoms with Crippen molar-refractivity contribution in [2.45, 2.75) is 31.7 Å². The summed E-state index contributed by atoms with van der Waals surface area (Å²) < 4.78 is 40.4. The average molecular weight is 268 g/mol. The van der Waals surface area contributed by atoms with Gasteiger partial charge in [0.05, 0.1) is 12.2 Å². The van der Waals surface area contributed by atoms with Crippen LogP contribution in [-0.2, 0) is 17.0 Å². The maximum Gasteiger partial charge on any atom is 0.450 e. The number of carbonyl (C=O) groups excluding carboxylic acids is 1. The standard InChI is InChI=1S/C9H11F3N2O2S/c1-2-3-17-5-7-13-8(16-14-7)4-6(15)9(10,11)12/h2-5H2,1H3. The minimum Gasteiger partial charge on any atom is -0.339 e. The van der Waals surface area contributed by atoms with Crippen LogP contribution in [0.2, 0.25) is 0 Å². The van der Waals surface area contributed by atoms with Gasteiger partial charge in [0.1, 0.15) is 0 Å². The summed E-state index contributed by atoms with van der Waals surface area (Å²) in [5.41, 5.74) is 0. The molecular weight excluding hydrogens is 257 g/mol. The van der Waals surface area contributed by atoms with Gasteiger partial charge < -0.3 is 4.52 Å². The lowest BCUT2D eigenvalue weighted by Crippen LogP contribution is -2.24. The van der Waals surface area contributed by atoms with E-state index in [1.165, 1.54) is 0 Å². The zero-order valence-electron chi connectivity index (χ0n) is 9.08. The maximum absolute atomic E-state index is 11.9. The molecule has 1 heterocycles. The lowest BCUT2D eigenvalue weighted by molar-refractivity contribution is -0.170. The van der Waals surface area contributed by atoms with Gasteiger partial charge in [-0.3, -0.25) is 4.79 Å². The molecule has 0 aliphatic rings. The molecule has 1 aromatic rings. The third-order valence-electron chi connectivity index (χ3n) is 1.72. The SMILES string of the molecule is CCCSCc1noc(CC(=O)C(F)(F)F)n1. The van der Waals surface area contributed by atoms with Crippen LogP contribution in [0.25, 0.3) is 0 Å². The number of rotatable bonds is 6. The molecule has 0 unspecified atom stereocenters. The molecule has 0 saturated heterocycles. The molecule has 1 rings (SSSR count). The molecule has 0 fully saturated rings. The third-order valence-corrected chi connectivity index (χ3v) is 2.88. The van der Waals surface area contributed by atoms with Crippen LogP contribution >= 0.6 is 11.8 Å². The first-order valence-electron chi connectivity index (χ1n) is 4.92. The van der Waals surface area contributed by atoms with Crippen molar-refractivity contribution < 1.29 is 22.5 Å². The highest BCUT2D eigenvalue weighted by atomic mass is 32.2. The van der Waals surface area contributed by atoms with E-state index in [1.807, 2.05) is 6.92 Å². The Morgan fingerprint density at radius 1 is 1.47 bits per heavy atom. The number of alkyl halides is 3. The van der Waals surface area contributed by atoms with Crippen LogP contribution in [0.15, 0.2) is 4.52 Å². The van der Waals surface area contributed by atoms with E-state index in [0.29, 0.717) is 11.6 Å². The van der Waals surface area contributed by atoms with Gasteiger partial charge in [-0.15, -0.1) is 0 Å². The number of hydrogen-bond donors (Lipinski definition) is 0. The molecule has 0 atom stereocenters. The molecule has 0 spiro atoms. The van der Waals surface area contributed by atoms with Crippen molar-refractivity contribution in [2.75, 3.05) is 5.75 Å². The Hall–Kier alpha value is -1.05. The van der Waals surface area contributed by atoms with Crippen LogP contribution in [0.1, 0.15) is 25.1 Å². The summed E-state index contributed by atoms with van der Waals surface area (Å²) in [6, 6.07) is 0. The van der Waals surface area contributed by atoms with Gasteiger partial charge in [-0.25, -0.2) is 0 Å².